The van der Waals surface area contributed by atoms with Crippen molar-refractivity contribution in [3.63, 3.8) is 0 Å². The summed E-state index contributed by atoms with van der Waals surface area (Å²) in [5.41, 5.74) is 2.45. The standard InChI is InChI=1S/C13H15N/c1-4-6-12-7-5-8-13(10-12)9-11(2)14-3/h4-8,10-11H,9H2,1-2H3/b6-4-. The first-order valence-corrected chi connectivity index (χ1v) is 4.84. The van der Waals surface area contributed by atoms with Gasteiger partial charge in [0, 0.05) is 13.3 Å². The van der Waals surface area contributed by atoms with Crippen molar-refractivity contribution >= 4 is 6.08 Å². The average Bonchev–Trinajstić information content (AvgIpc) is 2.19. The quantitative estimate of drug-likeness (QED) is 0.634. The monoisotopic (exact) mass is 185 g/mol. The van der Waals surface area contributed by atoms with Crippen molar-refractivity contribution in [3.05, 3.63) is 52.9 Å². The topological polar surface area (TPSA) is 4.36 Å². The molecule has 0 fully saturated rings. The predicted octanol–water partition coefficient (Wildman–Crippen LogP) is 3.57. The van der Waals surface area contributed by atoms with E-state index in [2.05, 4.69) is 29.1 Å². The highest BCUT2D eigenvalue weighted by Crippen LogP contribution is 2.10. The molecule has 0 saturated carbocycles. The van der Waals surface area contributed by atoms with Crippen LogP contribution in [-0.4, -0.2) is 6.04 Å². The van der Waals surface area contributed by atoms with E-state index in [9.17, 15) is 0 Å². The van der Waals surface area contributed by atoms with Crippen LogP contribution in [0, 0.1) is 6.57 Å². The molecule has 1 atom stereocenters. The van der Waals surface area contributed by atoms with Gasteiger partial charge < -0.3 is 4.85 Å². The molecule has 0 bridgehead atoms. The van der Waals surface area contributed by atoms with Gasteiger partial charge in [-0.3, -0.25) is 0 Å². The number of hydrogen-bond acceptors (Lipinski definition) is 0. The molecule has 1 heteroatoms. The smallest absolute Gasteiger partial charge is 0.225 e. The summed E-state index contributed by atoms with van der Waals surface area (Å²) in [6, 6.07) is 8.42. The zero-order valence-corrected chi connectivity index (χ0v) is 8.70. The minimum absolute atomic E-state index is 0.0795. The Morgan fingerprint density at radius 1 is 1.50 bits per heavy atom. The first-order valence-electron chi connectivity index (χ1n) is 4.84. The van der Waals surface area contributed by atoms with E-state index in [1.54, 1.807) is 0 Å². The Morgan fingerprint density at radius 2 is 2.29 bits per heavy atom. The molecule has 0 aliphatic carbocycles. The van der Waals surface area contributed by atoms with Gasteiger partial charge in [-0.25, -0.2) is 6.57 Å². The summed E-state index contributed by atoms with van der Waals surface area (Å²) in [5.74, 6) is 0. The van der Waals surface area contributed by atoms with Crippen LogP contribution >= 0.6 is 0 Å². The van der Waals surface area contributed by atoms with Crippen molar-refractivity contribution in [2.24, 2.45) is 0 Å². The highest BCUT2D eigenvalue weighted by Gasteiger charge is 2.05. The summed E-state index contributed by atoms with van der Waals surface area (Å²) in [6.45, 7) is 10.9. The Kier molecular flexibility index (Phi) is 3.94. The van der Waals surface area contributed by atoms with Crippen molar-refractivity contribution in [2.75, 3.05) is 0 Å². The number of rotatable bonds is 3. The maximum Gasteiger partial charge on any atom is 0.225 e. The molecule has 0 spiro atoms. The van der Waals surface area contributed by atoms with Gasteiger partial charge in [0.25, 0.3) is 0 Å². The van der Waals surface area contributed by atoms with E-state index in [0.717, 1.165) is 6.42 Å². The average molecular weight is 185 g/mol. The molecule has 0 heterocycles. The largest absolute Gasteiger partial charge is 0.314 e. The van der Waals surface area contributed by atoms with Gasteiger partial charge in [0.15, 0.2) is 0 Å². The fourth-order valence-electron chi connectivity index (χ4n) is 1.40. The number of hydrogen-bond donors (Lipinski definition) is 0. The zero-order chi connectivity index (χ0) is 10.4. The van der Waals surface area contributed by atoms with E-state index < -0.39 is 0 Å². The van der Waals surface area contributed by atoms with Crippen LogP contribution in [0.15, 0.2) is 30.3 Å². The van der Waals surface area contributed by atoms with Gasteiger partial charge in [-0.2, -0.15) is 0 Å². The molecule has 1 nitrogen and oxygen atoms in total. The third-order valence-electron chi connectivity index (χ3n) is 2.06. The molecule has 1 unspecified atom stereocenters. The van der Waals surface area contributed by atoms with E-state index >= 15 is 0 Å². The molecule has 0 amide bonds. The van der Waals surface area contributed by atoms with Crippen LogP contribution in [0.4, 0.5) is 0 Å². The highest BCUT2D eigenvalue weighted by atomic mass is 14.7. The third kappa shape index (κ3) is 3.06. The molecular weight excluding hydrogens is 170 g/mol. The van der Waals surface area contributed by atoms with Gasteiger partial charge in [0.2, 0.25) is 6.04 Å². The molecule has 1 aromatic carbocycles. The van der Waals surface area contributed by atoms with Crippen LogP contribution in [-0.2, 0) is 6.42 Å². The van der Waals surface area contributed by atoms with Crippen LogP contribution in [0.5, 0.6) is 0 Å². The van der Waals surface area contributed by atoms with Gasteiger partial charge in [0.05, 0.1) is 0 Å². The molecule has 0 radical (unpaired) electrons. The summed E-state index contributed by atoms with van der Waals surface area (Å²) in [4.78, 5) is 3.49. The Labute approximate surface area is 85.9 Å². The highest BCUT2D eigenvalue weighted by molar-refractivity contribution is 5.49. The van der Waals surface area contributed by atoms with Crippen LogP contribution in [0.25, 0.3) is 10.9 Å². The molecule has 0 N–H and O–H groups in total. The van der Waals surface area contributed by atoms with Gasteiger partial charge >= 0.3 is 0 Å². The molecule has 14 heavy (non-hydrogen) atoms. The van der Waals surface area contributed by atoms with E-state index in [-0.39, 0.29) is 6.04 Å². The van der Waals surface area contributed by atoms with Crippen molar-refractivity contribution in [1.82, 2.24) is 0 Å². The first kappa shape index (κ1) is 10.5. The zero-order valence-electron chi connectivity index (χ0n) is 8.70. The first-order chi connectivity index (χ1) is 6.76. The fraction of sp³-hybridized carbons (Fsp3) is 0.308. The van der Waals surface area contributed by atoms with Crippen molar-refractivity contribution < 1.29 is 0 Å². The molecule has 0 aliphatic heterocycles. The normalized spacial score (nSPS) is 12.6. The van der Waals surface area contributed by atoms with E-state index in [1.807, 2.05) is 26.0 Å². The van der Waals surface area contributed by atoms with Crippen molar-refractivity contribution in [2.45, 2.75) is 26.3 Å². The van der Waals surface area contributed by atoms with Crippen molar-refractivity contribution in [1.29, 1.82) is 0 Å². The minimum Gasteiger partial charge on any atom is -0.314 e. The van der Waals surface area contributed by atoms with Crippen LogP contribution in [0.2, 0.25) is 0 Å². The maximum absolute atomic E-state index is 6.90. The number of nitrogens with zero attached hydrogens (tertiary/aromatic N) is 1. The molecular formula is C13H15N. The van der Waals surface area contributed by atoms with Gasteiger partial charge in [0.1, 0.15) is 0 Å². The third-order valence-corrected chi connectivity index (χ3v) is 2.06. The SMILES string of the molecule is [C-]#[N+]C(C)Cc1cccc(/C=C\C)c1. The van der Waals surface area contributed by atoms with Gasteiger partial charge in [-0.15, -0.1) is 0 Å². The number of benzene rings is 1. The molecule has 0 saturated heterocycles. The lowest BCUT2D eigenvalue weighted by atomic mass is 10.0. The van der Waals surface area contributed by atoms with Crippen LogP contribution in [0.3, 0.4) is 0 Å². The Morgan fingerprint density at radius 3 is 2.93 bits per heavy atom. The molecule has 1 aromatic rings. The summed E-state index contributed by atoms with van der Waals surface area (Å²) in [5, 5.41) is 0. The lowest BCUT2D eigenvalue weighted by Gasteiger charge is -2.01. The second-order valence-corrected chi connectivity index (χ2v) is 3.43. The van der Waals surface area contributed by atoms with Crippen LogP contribution in [0.1, 0.15) is 25.0 Å². The molecule has 72 valence electrons. The summed E-state index contributed by atoms with van der Waals surface area (Å²) in [6.07, 6.45) is 4.94. The summed E-state index contributed by atoms with van der Waals surface area (Å²) >= 11 is 0. The molecule has 1 rings (SSSR count). The minimum atomic E-state index is 0.0795. The second-order valence-electron chi connectivity index (χ2n) is 3.43. The van der Waals surface area contributed by atoms with E-state index in [4.69, 9.17) is 6.57 Å². The van der Waals surface area contributed by atoms with E-state index in [1.165, 1.54) is 11.1 Å². The number of allylic oxidation sites excluding steroid dienone is 1. The Bertz CT molecular complexity index is 358. The maximum atomic E-state index is 6.90. The van der Waals surface area contributed by atoms with Crippen molar-refractivity contribution in [3.8, 4) is 0 Å². The fourth-order valence-corrected chi connectivity index (χ4v) is 1.40. The van der Waals surface area contributed by atoms with Gasteiger partial charge in [-0.05, 0) is 18.1 Å². The Balaban J connectivity index is 2.79. The lowest BCUT2D eigenvalue weighted by molar-refractivity contribution is 0.844. The molecule has 0 aromatic heterocycles. The van der Waals surface area contributed by atoms with Crippen LogP contribution < -0.4 is 0 Å². The lowest BCUT2D eigenvalue weighted by Crippen LogP contribution is -1.99. The second kappa shape index (κ2) is 5.24. The Hall–Kier alpha value is -1.55. The molecule has 0 aliphatic rings. The summed E-state index contributed by atoms with van der Waals surface area (Å²) < 4.78 is 0. The van der Waals surface area contributed by atoms with E-state index in [0.29, 0.717) is 0 Å². The predicted molar refractivity (Wildman–Crippen MR) is 60.9 cm³/mol. The summed E-state index contributed by atoms with van der Waals surface area (Å²) in [7, 11) is 0. The van der Waals surface area contributed by atoms with Gasteiger partial charge in [-0.1, -0.05) is 36.4 Å².